The minimum Gasteiger partial charge on any atom is -0.426 e. The highest BCUT2D eigenvalue weighted by atomic mass is 16.7. The van der Waals surface area contributed by atoms with Crippen LogP contribution in [0.25, 0.3) is 0 Å². The van der Waals surface area contributed by atoms with Crippen molar-refractivity contribution in [1.82, 2.24) is 0 Å². The summed E-state index contributed by atoms with van der Waals surface area (Å²) in [7, 11) is 0. The molecule has 0 amide bonds. The first-order valence-electron chi connectivity index (χ1n) is 5.74. The molecule has 0 spiro atoms. The molecule has 0 fully saturated rings. The van der Waals surface area contributed by atoms with E-state index >= 15 is 0 Å². The van der Waals surface area contributed by atoms with Crippen molar-refractivity contribution in [2.24, 2.45) is 0 Å². The minimum absolute atomic E-state index is 0.331. The summed E-state index contributed by atoms with van der Waals surface area (Å²) in [5, 5.41) is 0. The van der Waals surface area contributed by atoms with Gasteiger partial charge in [-0.2, -0.15) is 0 Å². The van der Waals surface area contributed by atoms with Gasteiger partial charge < -0.3 is 9.47 Å². The summed E-state index contributed by atoms with van der Waals surface area (Å²) < 4.78 is 10.2. The van der Waals surface area contributed by atoms with E-state index in [2.05, 4.69) is 0 Å². The van der Waals surface area contributed by atoms with Crippen LogP contribution in [0.15, 0.2) is 60.7 Å². The number of carbonyl (C=O) groups excluding carboxylic acids is 1. The summed E-state index contributed by atoms with van der Waals surface area (Å²) >= 11 is 0. The standard InChI is InChI=1S/C15H14O3/c1-12(13-8-4-2-5-9-13)17-15(16)18-14-10-6-3-7-11-14/h2-12H,1H3/t12-/m1/s1. The maximum Gasteiger partial charge on any atom is 0.514 e. The molecule has 0 heterocycles. The van der Waals surface area contributed by atoms with E-state index in [9.17, 15) is 4.79 Å². The molecule has 0 saturated carbocycles. The summed E-state index contributed by atoms with van der Waals surface area (Å²) in [5.41, 5.74) is 0.933. The molecule has 3 heteroatoms. The van der Waals surface area contributed by atoms with E-state index in [0.29, 0.717) is 5.75 Å². The van der Waals surface area contributed by atoms with E-state index in [4.69, 9.17) is 9.47 Å². The highest BCUT2D eigenvalue weighted by Crippen LogP contribution is 2.17. The van der Waals surface area contributed by atoms with Crippen LogP contribution in [0.1, 0.15) is 18.6 Å². The molecule has 3 nitrogen and oxygen atoms in total. The Morgan fingerprint density at radius 1 is 0.944 bits per heavy atom. The minimum atomic E-state index is -0.697. The Bertz CT molecular complexity index is 494. The quantitative estimate of drug-likeness (QED) is 0.603. The molecule has 18 heavy (non-hydrogen) atoms. The van der Waals surface area contributed by atoms with Gasteiger partial charge in [-0.1, -0.05) is 48.5 Å². The lowest BCUT2D eigenvalue weighted by molar-refractivity contribution is 0.0655. The van der Waals surface area contributed by atoms with Crippen LogP contribution in [-0.2, 0) is 4.74 Å². The van der Waals surface area contributed by atoms with E-state index < -0.39 is 6.16 Å². The Morgan fingerprint density at radius 2 is 1.50 bits per heavy atom. The normalized spacial score (nSPS) is 11.6. The molecule has 92 valence electrons. The highest BCUT2D eigenvalue weighted by molar-refractivity contribution is 5.64. The molecule has 2 rings (SSSR count). The third-order valence-electron chi connectivity index (χ3n) is 2.49. The molecule has 0 N–H and O–H groups in total. The Labute approximate surface area is 106 Å². The van der Waals surface area contributed by atoms with E-state index in [0.717, 1.165) is 5.56 Å². The number of ether oxygens (including phenoxy) is 2. The fraction of sp³-hybridized carbons (Fsp3) is 0.133. The van der Waals surface area contributed by atoms with Gasteiger partial charge in [-0.05, 0) is 24.6 Å². The van der Waals surface area contributed by atoms with Gasteiger partial charge in [0.1, 0.15) is 11.9 Å². The number of carbonyl (C=O) groups is 1. The van der Waals surface area contributed by atoms with Gasteiger partial charge in [-0.3, -0.25) is 0 Å². The van der Waals surface area contributed by atoms with E-state index in [-0.39, 0.29) is 6.10 Å². The molecular formula is C15H14O3. The zero-order valence-electron chi connectivity index (χ0n) is 10.1. The third-order valence-corrected chi connectivity index (χ3v) is 2.49. The third kappa shape index (κ3) is 3.35. The summed E-state index contributed by atoms with van der Waals surface area (Å²) in [5.74, 6) is 0.475. The molecule has 0 bridgehead atoms. The Hall–Kier alpha value is -2.29. The largest absolute Gasteiger partial charge is 0.514 e. The van der Waals surface area contributed by atoms with Gasteiger partial charge >= 0.3 is 6.16 Å². The lowest BCUT2D eigenvalue weighted by atomic mass is 10.1. The van der Waals surface area contributed by atoms with Crippen molar-refractivity contribution in [1.29, 1.82) is 0 Å². The summed E-state index contributed by atoms with van der Waals surface area (Å²) in [4.78, 5) is 11.6. The summed E-state index contributed by atoms with van der Waals surface area (Å²) in [6.45, 7) is 1.81. The van der Waals surface area contributed by atoms with Crippen molar-refractivity contribution in [3.05, 3.63) is 66.2 Å². The van der Waals surface area contributed by atoms with E-state index in [1.807, 2.05) is 43.3 Å². The van der Waals surface area contributed by atoms with Crippen molar-refractivity contribution in [2.75, 3.05) is 0 Å². The first-order valence-corrected chi connectivity index (χ1v) is 5.74. The van der Waals surface area contributed by atoms with Crippen molar-refractivity contribution in [3.63, 3.8) is 0 Å². The van der Waals surface area contributed by atoms with Gasteiger partial charge in [-0.15, -0.1) is 0 Å². The fourth-order valence-corrected chi connectivity index (χ4v) is 1.55. The predicted molar refractivity (Wildman–Crippen MR) is 68.4 cm³/mol. The average molecular weight is 242 g/mol. The molecule has 2 aromatic carbocycles. The molecule has 0 unspecified atom stereocenters. The number of rotatable bonds is 3. The summed E-state index contributed by atoms with van der Waals surface area (Å²) in [6, 6.07) is 18.4. The second-order valence-corrected chi connectivity index (χ2v) is 3.84. The van der Waals surface area contributed by atoms with Crippen LogP contribution in [0.5, 0.6) is 5.75 Å². The second kappa shape index (κ2) is 5.87. The Balaban J connectivity index is 1.92. The zero-order valence-corrected chi connectivity index (χ0v) is 10.1. The van der Waals surface area contributed by atoms with Crippen molar-refractivity contribution in [2.45, 2.75) is 13.0 Å². The van der Waals surface area contributed by atoms with Crippen LogP contribution < -0.4 is 4.74 Å². The smallest absolute Gasteiger partial charge is 0.426 e. The maximum atomic E-state index is 11.6. The molecule has 1 atom stereocenters. The number of hydrogen-bond acceptors (Lipinski definition) is 3. The first kappa shape index (κ1) is 12.2. The van der Waals surface area contributed by atoms with Gasteiger partial charge in [0.25, 0.3) is 0 Å². The number of para-hydroxylation sites is 1. The number of benzene rings is 2. The van der Waals surface area contributed by atoms with Gasteiger partial charge in [-0.25, -0.2) is 4.79 Å². The maximum absolute atomic E-state index is 11.6. The van der Waals surface area contributed by atoms with Crippen LogP contribution in [0.4, 0.5) is 4.79 Å². The highest BCUT2D eigenvalue weighted by Gasteiger charge is 2.12. The van der Waals surface area contributed by atoms with Gasteiger partial charge in [0.05, 0.1) is 0 Å². The topological polar surface area (TPSA) is 35.5 Å². The molecular weight excluding hydrogens is 228 g/mol. The second-order valence-electron chi connectivity index (χ2n) is 3.84. The monoisotopic (exact) mass is 242 g/mol. The predicted octanol–water partition coefficient (Wildman–Crippen LogP) is 3.96. The Morgan fingerprint density at radius 3 is 2.11 bits per heavy atom. The molecule has 0 saturated heterocycles. The molecule has 0 aromatic heterocycles. The SMILES string of the molecule is C[C@@H](OC(=O)Oc1ccccc1)c1ccccc1. The van der Waals surface area contributed by atoms with Gasteiger partial charge in [0.15, 0.2) is 0 Å². The molecule has 0 aliphatic rings. The van der Waals surface area contributed by atoms with Crippen LogP contribution in [0, 0.1) is 0 Å². The van der Waals surface area contributed by atoms with Crippen LogP contribution in [0.3, 0.4) is 0 Å². The molecule has 2 aromatic rings. The van der Waals surface area contributed by atoms with Crippen LogP contribution >= 0.6 is 0 Å². The Kier molecular flexibility index (Phi) is 3.97. The van der Waals surface area contributed by atoms with Crippen molar-refractivity contribution in [3.8, 4) is 5.75 Å². The van der Waals surface area contributed by atoms with Crippen LogP contribution in [-0.4, -0.2) is 6.16 Å². The van der Waals surface area contributed by atoms with Crippen molar-refractivity contribution < 1.29 is 14.3 Å². The average Bonchev–Trinajstić information content (AvgIpc) is 2.40. The van der Waals surface area contributed by atoms with Gasteiger partial charge in [0, 0.05) is 0 Å². The van der Waals surface area contributed by atoms with Gasteiger partial charge in [0.2, 0.25) is 0 Å². The fourth-order valence-electron chi connectivity index (χ4n) is 1.55. The lowest BCUT2D eigenvalue weighted by Crippen LogP contribution is -2.13. The molecule has 0 radical (unpaired) electrons. The molecule has 0 aliphatic heterocycles. The molecule has 0 aliphatic carbocycles. The first-order chi connectivity index (χ1) is 8.75. The zero-order chi connectivity index (χ0) is 12.8. The van der Waals surface area contributed by atoms with E-state index in [1.165, 1.54) is 0 Å². The van der Waals surface area contributed by atoms with Crippen LogP contribution in [0.2, 0.25) is 0 Å². The number of hydrogen-bond donors (Lipinski definition) is 0. The van der Waals surface area contributed by atoms with Crippen molar-refractivity contribution >= 4 is 6.16 Å². The van der Waals surface area contributed by atoms with E-state index in [1.54, 1.807) is 24.3 Å². The summed E-state index contributed by atoms with van der Waals surface area (Å²) in [6.07, 6.45) is -1.03. The lowest BCUT2D eigenvalue weighted by Gasteiger charge is -2.13.